The first-order valence-corrected chi connectivity index (χ1v) is 5.91. The van der Waals surface area contributed by atoms with Gasteiger partial charge in [0.15, 0.2) is 4.96 Å². The number of thiazole rings is 1. The Labute approximate surface area is 86.8 Å². The highest BCUT2D eigenvalue weighted by Crippen LogP contribution is 2.27. The van der Waals surface area contributed by atoms with Gasteiger partial charge in [0, 0.05) is 24.3 Å². The summed E-state index contributed by atoms with van der Waals surface area (Å²) in [4.78, 5) is 5.60. The fourth-order valence-corrected chi connectivity index (χ4v) is 2.31. The van der Waals surface area contributed by atoms with E-state index in [9.17, 15) is 0 Å². The third-order valence-electron chi connectivity index (χ3n) is 2.58. The van der Waals surface area contributed by atoms with E-state index in [1.54, 1.807) is 11.3 Å². The molecule has 0 aliphatic heterocycles. The highest BCUT2D eigenvalue weighted by Gasteiger charge is 2.20. The Kier molecular flexibility index (Phi) is 2.03. The Hall–Kier alpha value is -0.870. The van der Waals surface area contributed by atoms with Crippen LogP contribution in [0.1, 0.15) is 18.5 Å². The van der Waals surface area contributed by atoms with Crippen molar-refractivity contribution in [2.75, 3.05) is 6.54 Å². The average molecular weight is 207 g/mol. The van der Waals surface area contributed by atoms with Crippen molar-refractivity contribution in [1.29, 1.82) is 0 Å². The summed E-state index contributed by atoms with van der Waals surface area (Å²) in [5.41, 5.74) is 1.15. The van der Waals surface area contributed by atoms with E-state index in [-0.39, 0.29) is 0 Å². The monoisotopic (exact) mass is 207 g/mol. The number of imidazole rings is 1. The van der Waals surface area contributed by atoms with Gasteiger partial charge in [0.2, 0.25) is 0 Å². The van der Waals surface area contributed by atoms with Crippen molar-refractivity contribution >= 4 is 16.3 Å². The third-order valence-corrected chi connectivity index (χ3v) is 3.35. The predicted molar refractivity (Wildman–Crippen MR) is 57.5 cm³/mol. The molecule has 0 bridgehead atoms. The van der Waals surface area contributed by atoms with Gasteiger partial charge >= 0.3 is 0 Å². The highest BCUT2D eigenvalue weighted by atomic mass is 32.1. The number of hydrogen-bond acceptors (Lipinski definition) is 3. The standard InChI is InChI=1S/C10H13N3S/c1-2-8(1)5-11-6-9-7-13-3-4-14-10(13)12-9/h3-4,7-8,11H,1-2,5-6H2. The second kappa shape index (κ2) is 3.37. The summed E-state index contributed by atoms with van der Waals surface area (Å²) in [7, 11) is 0. The molecule has 3 nitrogen and oxygen atoms in total. The van der Waals surface area contributed by atoms with Gasteiger partial charge in [0.25, 0.3) is 0 Å². The summed E-state index contributed by atoms with van der Waals surface area (Å²) >= 11 is 1.68. The molecular formula is C10H13N3S. The van der Waals surface area contributed by atoms with Crippen molar-refractivity contribution in [1.82, 2.24) is 14.7 Å². The number of nitrogens with one attached hydrogen (secondary N) is 1. The van der Waals surface area contributed by atoms with Crippen molar-refractivity contribution < 1.29 is 0 Å². The lowest BCUT2D eigenvalue weighted by Gasteiger charge is -1.98. The van der Waals surface area contributed by atoms with E-state index in [0.717, 1.165) is 29.7 Å². The maximum absolute atomic E-state index is 4.51. The van der Waals surface area contributed by atoms with Gasteiger partial charge in [-0.2, -0.15) is 0 Å². The molecule has 4 heteroatoms. The third kappa shape index (κ3) is 1.67. The van der Waals surface area contributed by atoms with E-state index in [1.165, 1.54) is 12.8 Å². The first-order valence-electron chi connectivity index (χ1n) is 5.03. The minimum atomic E-state index is 0.908. The van der Waals surface area contributed by atoms with Crippen LogP contribution in [0.15, 0.2) is 17.8 Å². The van der Waals surface area contributed by atoms with Crippen LogP contribution >= 0.6 is 11.3 Å². The van der Waals surface area contributed by atoms with Crippen LogP contribution in [0.4, 0.5) is 0 Å². The largest absolute Gasteiger partial charge is 0.311 e. The minimum Gasteiger partial charge on any atom is -0.311 e. The molecule has 0 atom stereocenters. The summed E-state index contributed by atoms with van der Waals surface area (Å²) in [6.07, 6.45) is 6.97. The SMILES string of the molecule is c1cn2cc(CNCC3CC3)nc2s1. The topological polar surface area (TPSA) is 29.3 Å². The molecule has 3 rings (SSSR count). The van der Waals surface area contributed by atoms with Crippen LogP contribution in [0.5, 0.6) is 0 Å². The molecule has 2 heterocycles. The lowest BCUT2D eigenvalue weighted by molar-refractivity contribution is 0.632. The van der Waals surface area contributed by atoms with E-state index in [4.69, 9.17) is 0 Å². The molecule has 1 N–H and O–H groups in total. The number of hydrogen-bond donors (Lipinski definition) is 1. The first kappa shape index (κ1) is 8.44. The molecule has 1 fully saturated rings. The summed E-state index contributed by atoms with van der Waals surface area (Å²) in [5.74, 6) is 0.943. The normalized spacial score (nSPS) is 16.6. The molecule has 1 saturated carbocycles. The zero-order valence-electron chi connectivity index (χ0n) is 7.94. The summed E-state index contributed by atoms with van der Waals surface area (Å²) in [6.45, 7) is 2.07. The van der Waals surface area contributed by atoms with Gasteiger partial charge in [-0.15, -0.1) is 11.3 Å². The Morgan fingerprint density at radius 1 is 1.57 bits per heavy atom. The zero-order valence-corrected chi connectivity index (χ0v) is 8.76. The summed E-state index contributed by atoms with van der Waals surface area (Å²) in [5, 5.41) is 5.50. The molecule has 0 amide bonds. The van der Waals surface area contributed by atoms with Gasteiger partial charge in [-0.3, -0.25) is 4.40 Å². The predicted octanol–water partition coefficient (Wildman–Crippen LogP) is 1.90. The molecule has 0 aromatic carbocycles. The van der Waals surface area contributed by atoms with Crippen LogP contribution in [0.2, 0.25) is 0 Å². The van der Waals surface area contributed by atoms with E-state index in [2.05, 4.69) is 32.5 Å². The lowest BCUT2D eigenvalue weighted by Crippen LogP contribution is -2.16. The van der Waals surface area contributed by atoms with Gasteiger partial charge in [-0.25, -0.2) is 4.98 Å². The van der Waals surface area contributed by atoms with Crippen molar-refractivity contribution in [3.05, 3.63) is 23.5 Å². The second-order valence-corrected chi connectivity index (χ2v) is 4.77. The fraction of sp³-hybridized carbons (Fsp3) is 0.500. The van der Waals surface area contributed by atoms with Crippen molar-refractivity contribution in [2.45, 2.75) is 19.4 Å². The molecule has 0 saturated heterocycles. The molecule has 74 valence electrons. The minimum absolute atomic E-state index is 0.908. The van der Waals surface area contributed by atoms with Crippen LogP contribution in [-0.2, 0) is 6.54 Å². The van der Waals surface area contributed by atoms with Crippen molar-refractivity contribution in [3.8, 4) is 0 Å². The van der Waals surface area contributed by atoms with Gasteiger partial charge in [0.1, 0.15) is 0 Å². The number of nitrogens with zero attached hydrogens (tertiary/aromatic N) is 2. The Morgan fingerprint density at radius 2 is 2.50 bits per heavy atom. The fourth-order valence-electron chi connectivity index (χ4n) is 1.59. The first-order chi connectivity index (χ1) is 6.92. The average Bonchev–Trinajstić information content (AvgIpc) is 2.73. The van der Waals surface area contributed by atoms with Crippen LogP contribution in [0.25, 0.3) is 4.96 Å². The Morgan fingerprint density at radius 3 is 3.29 bits per heavy atom. The van der Waals surface area contributed by atoms with Gasteiger partial charge in [-0.05, 0) is 25.3 Å². The van der Waals surface area contributed by atoms with E-state index < -0.39 is 0 Å². The van der Waals surface area contributed by atoms with Gasteiger partial charge in [-0.1, -0.05) is 0 Å². The molecule has 1 aliphatic carbocycles. The zero-order chi connectivity index (χ0) is 9.38. The van der Waals surface area contributed by atoms with Crippen molar-refractivity contribution in [3.63, 3.8) is 0 Å². The molecule has 2 aromatic rings. The van der Waals surface area contributed by atoms with Gasteiger partial charge < -0.3 is 5.32 Å². The van der Waals surface area contributed by atoms with Crippen LogP contribution in [0, 0.1) is 5.92 Å². The number of fused-ring (bicyclic) bond motifs is 1. The van der Waals surface area contributed by atoms with Crippen LogP contribution < -0.4 is 5.32 Å². The molecular weight excluding hydrogens is 194 g/mol. The quantitative estimate of drug-likeness (QED) is 0.829. The van der Waals surface area contributed by atoms with Crippen LogP contribution in [0.3, 0.4) is 0 Å². The molecule has 0 unspecified atom stereocenters. The maximum Gasteiger partial charge on any atom is 0.193 e. The smallest absolute Gasteiger partial charge is 0.193 e. The number of rotatable bonds is 4. The summed E-state index contributed by atoms with van der Waals surface area (Å²) < 4.78 is 2.08. The van der Waals surface area contributed by atoms with E-state index in [1.807, 2.05) is 0 Å². The highest BCUT2D eigenvalue weighted by molar-refractivity contribution is 7.15. The van der Waals surface area contributed by atoms with Gasteiger partial charge in [0.05, 0.1) is 5.69 Å². The molecule has 1 aliphatic rings. The van der Waals surface area contributed by atoms with Crippen LogP contribution in [-0.4, -0.2) is 15.9 Å². The van der Waals surface area contributed by atoms with E-state index in [0.29, 0.717) is 0 Å². The maximum atomic E-state index is 4.51. The number of aromatic nitrogens is 2. The van der Waals surface area contributed by atoms with Crippen molar-refractivity contribution in [2.24, 2.45) is 5.92 Å². The van der Waals surface area contributed by atoms with E-state index >= 15 is 0 Å². The lowest BCUT2D eigenvalue weighted by atomic mass is 10.4. The molecule has 0 radical (unpaired) electrons. The summed E-state index contributed by atoms with van der Waals surface area (Å²) in [6, 6.07) is 0. The Balaban J connectivity index is 1.63. The molecule has 0 spiro atoms. The molecule has 14 heavy (non-hydrogen) atoms. The molecule has 2 aromatic heterocycles. The second-order valence-electron chi connectivity index (χ2n) is 3.90. The Bertz CT molecular complexity index is 399.